The summed E-state index contributed by atoms with van der Waals surface area (Å²) in [6.45, 7) is 8.39. The molecule has 0 aromatic heterocycles. The molecule has 278 valence electrons. The molecule has 0 spiro atoms. The lowest BCUT2D eigenvalue weighted by Crippen LogP contribution is -2.25. The van der Waals surface area contributed by atoms with Crippen LogP contribution in [0.5, 0.6) is 17.2 Å². The minimum atomic E-state index is -4.58. The number of nitrogens with zero attached hydrogens (tertiary/aromatic N) is 2. The van der Waals surface area contributed by atoms with E-state index in [0.29, 0.717) is 24.6 Å². The van der Waals surface area contributed by atoms with Crippen LogP contribution in [0.3, 0.4) is 0 Å². The van der Waals surface area contributed by atoms with Crippen molar-refractivity contribution in [2.24, 2.45) is 0 Å². The quantitative estimate of drug-likeness (QED) is 0.125. The molecule has 2 aliphatic rings. The molecule has 0 radical (unpaired) electrons. The Morgan fingerprint density at radius 1 is 0.527 bits per heavy atom. The summed E-state index contributed by atoms with van der Waals surface area (Å²) in [7, 11) is -7.54. The molecule has 2 aliphatic heterocycles. The summed E-state index contributed by atoms with van der Waals surface area (Å²) in [6, 6.07) is 43.2. The van der Waals surface area contributed by atoms with Gasteiger partial charge in [-0.25, -0.2) is 4.57 Å². The molecule has 8 rings (SSSR count). The van der Waals surface area contributed by atoms with E-state index in [9.17, 15) is 9.13 Å². The molecule has 0 aliphatic carbocycles. The van der Waals surface area contributed by atoms with Gasteiger partial charge in [-0.1, -0.05) is 84.9 Å². The molecule has 6 aromatic rings. The second-order valence-electron chi connectivity index (χ2n) is 13.5. The maximum atomic E-state index is 14.5. The second kappa shape index (κ2) is 15.7. The highest BCUT2D eigenvalue weighted by Gasteiger charge is 2.30. The number of hydrogen-bond acceptors (Lipinski definition) is 5. The van der Waals surface area contributed by atoms with Crippen LogP contribution in [0.4, 0.5) is 11.4 Å². The van der Waals surface area contributed by atoms with Gasteiger partial charge in [-0.2, -0.15) is 9.15 Å². The number of phosphoric acid groups is 1. The van der Waals surface area contributed by atoms with E-state index in [1.54, 1.807) is 13.8 Å². The molecule has 0 amide bonds. The van der Waals surface area contributed by atoms with E-state index in [4.69, 9.17) is 23.8 Å². The summed E-state index contributed by atoms with van der Waals surface area (Å²) >= 11 is 0. The molecule has 9 nitrogen and oxygen atoms in total. The molecule has 0 saturated heterocycles. The van der Waals surface area contributed by atoms with Crippen molar-refractivity contribution in [1.82, 2.24) is 0 Å². The molecule has 0 unspecified atom stereocenters. The van der Waals surface area contributed by atoms with Crippen LogP contribution < -0.4 is 29.9 Å². The predicted molar refractivity (Wildman–Crippen MR) is 218 cm³/mol. The number of aryl methyl sites for hydroxylation is 4. The minimum Gasteiger partial charge on any atom is -0.435 e. The highest BCUT2D eigenvalue weighted by Crippen LogP contribution is 2.43. The third-order valence-corrected chi connectivity index (χ3v) is 13.0. The van der Waals surface area contributed by atoms with E-state index in [-0.39, 0.29) is 5.75 Å². The van der Waals surface area contributed by atoms with Crippen molar-refractivity contribution in [3.63, 3.8) is 0 Å². The fourth-order valence-electron chi connectivity index (χ4n) is 6.86. The van der Waals surface area contributed by atoms with Gasteiger partial charge < -0.3 is 18.6 Å². The molecule has 2 N–H and O–H groups in total. The van der Waals surface area contributed by atoms with Crippen molar-refractivity contribution < 1.29 is 42.1 Å². The summed E-state index contributed by atoms with van der Waals surface area (Å²) in [4.78, 5) is 18.1. The van der Waals surface area contributed by atoms with Gasteiger partial charge in [0, 0.05) is 40.2 Å². The van der Waals surface area contributed by atoms with E-state index >= 15 is 0 Å². The van der Waals surface area contributed by atoms with Gasteiger partial charge in [-0.15, -0.1) is 0 Å². The lowest BCUT2D eigenvalue weighted by Gasteiger charge is -2.20. The molecule has 55 heavy (non-hydrogen) atoms. The zero-order chi connectivity index (χ0) is 38.7. The van der Waals surface area contributed by atoms with Crippen molar-refractivity contribution in [2.75, 3.05) is 13.5 Å². The Morgan fingerprint density at radius 2 is 0.964 bits per heavy atom. The molecule has 6 aromatic carbocycles. The fraction of sp³-hybridized carbons (Fsp3) is 0.136. The van der Waals surface area contributed by atoms with Gasteiger partial charge in [0.15, 0.2) is 19.6 Å². The molecular weight excluding hydrogens is 730 g/mol. The molecule has 0 fully saturated rings. The number of rotatable bonds is 7. The fourth-order valence-corrected chi connectivity index (χ4v) is 10.0. The Balaban J connectivity index is 0.000000175. The smallest absolute Gasteiger partial charge is 0.435 e. The first-order chi connectivity index (χ1) is 26.4. The van der Waals surface area contributed by atoms with Crippen molar-refractivity contribution in [3.05, 3.63) is 167 Å². The van der Waals surface area contributed by atoms with Gasteiger partial charge in [0.05, 0.1) is 11.1 Å². The van der Waals surface area contributed by atoms with Crippen LogP contribution >= 0.6 is 15.0 Å². The zero-order valence-electron chi connectivity index (χ0n) is 31.0. The highest BCUT2D eigenvalue weighted by atomic mass is 31.2. The Labute approximate surface area is 321 Å². The van der Waals surface area contributed by atoms with Crippen molar-refractivity contribution >= 4 is 54.7 Å². The molecule has 0 saturated carbocycles. The molecule has 2 heterocycles. The van der Waals surface area contributed by atoms with Crippen LogP contribution in [-0.4, -0.2) is 44.8 Å². The number of ether oxygens (including phenoxy) is 2. The largest absolute Gasteiger partial charge is 0.524 e. The highest BCUT2D eigenvalue weighted by molar-refractivity contribution is 7.85. The van der Waals surface area contributed by atoms with Gasteiger partial charge in [0.25, 0.3) is 13.5 Å². The van der Waals surface area contributed by atoms with Crippen LogP contribution in [0, 0.1) is 27.7 Å². The first-order valence-corrected chi connectivity index (χ1v) is 21.0. The van der Waals surface area contributed by atoms with Crippen molar-refractivity contribution in [2.45, 2.75) is 27.7 Å². The Bertz CT molecular complexity index is 2460. The van der Waals surface area contributed by atoms with Gasteiger partial charge in [-0.3, -0.25) is 9.79 Å². The van der Waals surface area contributed by atoms with Crippen LogP contribution in [0.25, 0.3) is 0 Å². The van der Waals surface area contributed by atoms with E-state index in [1.165, 1.54) is 0 Å². The molecule has 0 bridgehead atoms. The number of phosphoric ester groups is 1. The van der Waals surface area contributed by atoms with E-state index in [1.807, 2.05) is 139 Å². The standard InChI is InChI=1S/C27H23NO2P.C17H18NO5P/c1-21-9-8-10-22-19-28(20-30-27(21)22)23-15-17-26(18-16-23)31(29,24-11-4-2-5-12-24)25-13-6-3-7-14-25;1-11-5-4-6-14-9-18(10-22-17(11)14)15-7-12(2)16(13(3)8-15)23-24(19,20)21/h2-19H,20H2,1H3;4-9H,10H2,1-3H3,(H-,19,20,21)/q+1;/p+1. The van der Waals surface area contributed by atoms with Gasteiger partial charge in [0.1, 0.15) is 17.2 Å². The Kier molecular flexibility index (Phi) is 10.7. The van der Waals surface area contributed by atoms with Gasteiger partial charge >= 0.3 is 7.82 Å². The normalized spacial score (nSPS) is 13.4. The van der Waals surface area contributed by atoms with E-state index < -0.39 is 15.0 Å². The lowest BCUT2D eigenvalue weighted by molar-refractivity contribution is -0.476. The lowest BCUT2D eigenvalue weighted by atomic mass is 10.1. The Hall–Kier alpha value is -5.56. The number of benzene rings is 6. The SMILES string of the molecule is Cc1cc([N+]2=Cc3cccc(C)c3OC2)cc(C)c1OP(=O)(O)O.Cc1cccc2c1OC[N+](c1ccc(P(=O)(c3ccccc3)c3ccccc3)cc1)=C2. The van der Waals surface area contributed by atoms with Gasteiger partial charge in [0.2, 0.25) is 11.4 Å². The summed E-state index contributed by atoms with van der Waals surface area (Å²) in [6.07, 6.45) is 4.11. The first-order valence-electron chi connectivity index (χ1n) is 17.8. The first kappa shape index (κ1) is 37.7. The summed E-state index contributed by atoms with van der Waals surface area (Å²) in [5.74, 6) is 2.03. The summed E-state index contributed by atoms with van der Waals surface area (Å²) < 4.78 is 46.2. The monoisotopic (exact) mass is 772 g/mol. The van der Waals surface area contributed by atoms with E-state index in [2.05, 4.69) is 29.8 Å². The van der Waals surface area contributed by atoms with E-state index in [0.717, 1.165) is 61.0 Å². The third-order valence-electron chi connectivity index (χ3n) is 9.54. The topological polar surface area (TPSA) is 108 Å². The zero-order valence-corrected chi connectivity index (χ0v) is 32.8. The molecule has 0 atom stereocenters. The maximum Gasteiger partial charge on any atom is 0.524 e. The number of para-hydroxylation sites is 2. The number of fused-ring (bicyclic) bond motifs is 2. The average molecular weight is 773 g/mol. The predicted octanol–water partition coefficient (Wildman–Crippen LogP) is 7.94. The average Bonchev–Trinajstić information content (AvgIpc) is 3.19. The second-order valence-corrected chi connectivity index (χ2v) is 17.4. The maximum absolute atomic E-state index is 14.5. The van der Waals surface area contributed by atoms with Crippen molar-refractivity contribution in [1.29, 1.82) is 0 Å². The third kappa shape index (κ3) is 8.12. The Morgan fingerprint density at radius 3 is 1.42 bits per heavy atom. The van der Waals surface area contributed by atoms with Crippen LogP contribution in [0.2, 0.25) is 0 Å². The molecular formula is C44H42N2O7P2+2. The van der Waals surface area contributed by atoms with Crippen LogP contribution in [-0.2, 0) is 9.13 Å². The summed E-state index contributed by atoms with van der Waals surface area (Å²) in [5.41, 5.74) is 7.45. The molecule has 11 heteroatoms. The van der Waals surface area contributed by atoms with Crippen LogP contribution in [0.1, 0.15) is 33.4 Å². The van der Waals surface area contributed by atoms with Crippen LogP contribution in [0.15, 0.2) is 133 Å². The summed E-state index contributed by atoms with van der Waals surface area (Å²) in [5, 5.41) is 2.50. The van der Waals surface area contributed by atoms with Crippen molar-refractivity contribution in [3.8, 4) is 17.2 Å². The minimum absolute atomic E-state index is 0.209. The van der Waals surface area contributed by atoms with Gasteiger partial charge in [-0.05, 0) is 74.2 Å². The number of hydrogen-bond donors (Lipinski definition) is 2.